The Morgan fingerprint density at radius 1 is 1.20 bits per heavy atom. The van der Waals surface area contributed by atoms with Crippen LogP contribution in [0.4, 0.5) is 0 Å². The van der Waals surface area contributed by atoms with Crippen molar-refractivity contribution in [3.8, 4) is 11.5 Å². The van der Waals surface area contributed by atoms with E-state index in [1.54, 1.807) is 0 Å². The lowest BCUT2D eigenvalue weighted by molar-refractivity contribution is -0.137. The van der Waals surface area contributed by atoms with Crippen LogP contribution in [0.2, 0.25) is 0 Å². The van der Waals surface area contributed by atoms with Gasteiger partial charge in [0.1, 0.15) is 17.6 Å². The number of methoxy groups -OCH3 is 1. The molecule has 0 spiro atoms. The summed E-state index contributed by atoms with van der Waals surface area (Å²) >= 11 is 0. The average molecular weight is 408 g/mol. The van der Waals surface area contributed by atoms with E-state index in [0.29, 0.717) is 12.5 Å². The molecule has 0 radical (unpaired) electrons. The second kappa shape index (κ2) is 7.95. The van der Waals surface area contributed by atoms with E-state index < -0.39 is 5.97 Å². The first-order valence-electron chi connectivity index (χ1n) is 10.9. The number of ether oxygens (including phenoxy) is 3. The molecule has 0 bridgehead atoms. The highest BCUT2D eigenvalue weighted by atomic mass is 16.5. The van der Waals surface area contributed by atoms with Crippen LogP contribution in [0.15, 0.2) is 36.4 Å². The van der Waals surface area contributed by atoms with E-state index in [1.807, 2.05) is 25.3 Å². The van der Waals surface area contributed by atoms with Crippen LogP contribution in [0.1, 0.15) is 72.5 Å². The fourth-order valence-corrected chi connectivity index (χ4v) is 5.22. The van der Waals surface area contributed by atoms with Gasteiger partial charge in [-0.2, -0.15) is 0 Å². The van der Waals surface area contributed by atoms with Gasteiger partial charge in [0.05, 0.1) is 19.1 Å². The zero-order valence-electron chi connectivity index (χ0n) is 17.3. The van der Waals surface area contributed by atoms with Crippen molar-refractivity contribution in [3.05, 3.63) is 58.7 Å². The van der Waals surface area contributed by atoms with Crippen LogP contribution in [0, 0.1) is 5.92 Å². The van der Waals surface area contributed by atoms with Gasteiger partial charge in [-0.3, -0.25) is 4.79 Å². The SMILES string of the molecule is COC(c1cccc2c1CCC2Oc1ccc2c(c1)OC[C@H]2CC(=O)O)C1CCC1. The van der Waals surface area contributed by atoms with Crippen molar-refractivity contribution < 1.29 is 24.1 Å². The monoisotopic (exact) mass is 408 g/mol. The van der Waals surface area contributed by atoms with Crippen LogP contribution in [-0.4, -0.2) is 24.8 Å². The Labute approximate surface area is 177 Å². The van der Waals surface area contributed by atoms with E-state index >= 15 is 0 Å². The van der Waals surface area contributed by atoms with E-state index in [4.69, 9.17) is 19.3 Å². The Morgan fingerprint density at radius 2 is 2.07 bits per heavy atom. The van der Waals surface area contributed by atoms with Crippen LogP contribution in [-0.2, 0) is 16.0 Å². The molecule has 3 atom stereocenters. The number of rotatable bonds is 7. The lowest BCUT2D eigenvalue weighted by Gasteiger charge is -2.34. The van der Waals surface area contributed by atoms with Gasteiger partial charge in [0, 0.05) is 24.7 Å². The molecule has 0 saturated heterocycles. The first kappa shape index (κ1) is 19.4. The van der Waals surface area contributed by atoms with Gasteiger partial charge in [0.15, 0.2) is 0 Å². The quantitative estimate of drug-likeness (QED) is 0.683. The zero-order valence-corrected chi connectivity index (χ0v) is 17.3. The van der Waals surface area contributed by atoms with Crippen molar-refractivity contribution in [2.24, 2.45) is 5.92 Å². The van der Waals surface area contributed by atoms with E-state index in [-0.39, 0.29) is 24.5 Å². The summed E-state index contributed by atoms with van der Waals surface area (Å²) < 4.78 is 18.0. The molecule has 1 saturated carbocycles. The number of benzene rings is 2. The molecule has 5 rings (SSSR count). The maximum Gasteiger partial charge on any atom is 0.304 e. The number of fused-ring (bicyclic) bond motifs is 2. The summed E-state index contributed by atoms with van der Waals surface area (Å²) in [6.07, 6.45) is 6.06. The predicted molar refractivity (Wildman–Crippen MR) is 112 cm³/mol. The Balaban J connectivity index is 1.35. The van der Waals surface area contributed by atoms with Gasteiger partial charge in [-0.05, 0) is 54.4 Å². The summed E-state index contributed by atoms with van der Waals surface area (Å²) in [7, 11) is 1.83. The number of carboxylic acids is 1. The third-order valence-corrected chi connectivity index (χ3v) is 6.95. The summed E-state index contributed by atoms with van der Waals surface area (Å²) in [4.78, 5) is 11.1. The van der Waals surface area contributed by atoms with Crippen molar-refractivity contribution in [3.63, 3.8) is 0 Å². The van der Waals surface area contributed by atoms with Gasteiger partial charge in [-0.25, -0.2) is 0 Å². The zero-order chi connectivity index (χ0) is 20.7. The van der Waals surface area contributed by atoms with Crippen molar-refractivity contribution in [2.75, 3.05) is 13.7 Å². The van der Waals surface area contributed by atoms with Gasteiger partial charge >= 0.3 is 5.97 Å². The predicted octanol–water partition coefficient (Wildman–Crippen LogP) is 5.19. The van der Waals surface area contributed by atoms with Gasteiger partial charge in [-0.15, -0.1) is 0 Å². The smallest absolute Gasteiger partial charge is 0.304 e. The van der Waals surface area contributed by atoms with Gasteiger partial charge in [0.25, 0.3) is 0 Å². The molecular weight excluding hydrogens is 380 g/mol. The Hall–Kier alpha value is -2.53. The molecule has 158 valence electrons. The summed E-state index contributed by atoms with van der Waals surface area (Å²) in [5.41, 5.74) is 4.95. The molecule has 0 amide bonds. The standard InChI is InChI=1S/C25H28O5/c1-28-25(15-4-2-5-15)21-7-3-6-20-19(21)10-11-22(20)30-17-8-9-18-16(12-24(26)27)14-29-23(18)13-17/h3,6-9,13,15-16,22,25H,2,4-5,10-12,14H2,1H3,(H,26,27)/t16-,22?,25?/m1/s1. The molecule has 2 unspecified atom stereocenters. The van der Waals surface area contributed by atoms with Gasteiger partial charge in [-0.1, -0.05) is 30.7 Å². The molecule has 1 heterocycles. The number of carbonyl (C=O) groups is 1. The highest BCUT2D eigenvalue weighted by molar-refractivity contribution is 5.68. The normalized spacial score (nSPS) is 23.2. The van der Waals surface area contributed by atoms with Gasteiger partial charge in [0.2, 0.25) is 0 Å². The molecule has 1 fully saturated rings. The molecule has 5 heteroatoms. The molecule has 30 heavy (non-hydrogen) atoms. The number of carboxylic acid groups (broad SMARTS) is 1. The van der Waals surface area contributed by atoms with E-state index in [2.05, 4.69) is 18.2 Å². The topological polar surface area (TPSA) is 65.0 Å². The van der Waals surface area contributed by atoms with Crippen LogP contribution < -0.4 is 9.47 Å². The minimum atomic E-state index is -0.800. The largest absolute Gasteiger partial charge is 0.492 e. The van der Waals surface area contributed by atoms with E-state index in [1.165, 1.54) is 36.0 Å². The lowest BCUT2D eigenvalue weighted by atomic mass is 9.77. The summed E-state index contributed by atoms with van der Waals surface area (Å²) in [6.45, 7) is 0.417. The third kappa shape index (κ3) is 3.45. The molecule has 2 aromatic carbocycles. The molecule has 5 nitrogen and oxygen atoms in total. The molecule has 2 aliphatic carbocycles. The van der Waals surface area contributed by atoms with Crippen molar-refractivity contribution in [2.45, 2.75) is 56.7 Å². The number of hydrogen-bond acceptors (Lipinski definition) is 4. The lowest BCUT2D eigenvalue weighted by Crippen LogP contribution is -2.22. The second-order valence-electron chi connectivity index (χ2n) is 8.71. The minimum absolute atomic E-state index is 0.0214. The van der Waals surface area contributed by atoms with E-state index in [9.17, 15) is 4.79 Å². The van der Waals surface area contributed by atoms with Crippen LogP contribution in [0.25, 0.3) is 0 Å². The van der Waals surface area contributed by atoms with Crippen LogP contribution >= 0.6 is 0 Å². The Bertz CT molecular complexity index is 949. The fraction of sp³-hybridized carbons (Fsp3) is 0.480. The fourth-order valence-electron chi connectivity index (χ4n) is 5.22. The van der Waals surface area contributed by atoms with Crippen molar-refractivity contribution in [1.29, 1.82) is 0 Å². The number of aliphatic carboxylic acids is 1. The molecule has 3 aliphatic rings. The third-order valence-electron chi connectivity index (χ3n) is 6.95. The van der Waals surface area contributed by atoms with Crippen molar-refractivity contribution in [1.82, 2.24) is 0 Å². The average Bonchev–Trinajstić information content (AvgIpc) is 3.28. The summed E-state index contributed by atoms with van der Waals surface area (Å²) in [5, 5.41) is 9.08. The Morgan fingerprint density at radius 3 is 2.80 bits per heavy atom. The summed E-state index contributed by atoms with van der Waals surface area (Å²) in [6, 6.07) is 12.3. The maximum absolute atomic E-state index is 11.1. The second-order valence-corrected chi connectivity index (χ2v) is 8.71. The first-order valence-corrected chi connectivity index (χ1v) is 10.9. The molecule has 2 aromatic rings. The first-order chi connectivity index (χ1) is 14.6. The van der Waals surface area contributed by atoms with E-state index in [0.717, 1.165) is 29.9 Å². The highest BCUT2D eigenvalue weighted by Crippen LogP contribution is 2.46. The molecule has 1 N–H and O–H groups in total. The maximum atomic E-state index is 11.1. The van der Waals surface area contributed by atoms with Gasteiger partial charge < -0.3 is 19.3 Å². The molecule has 0 aromatic heterocycles. The summed E-state index contributed by atoms with van der Waals surface area (Å²) in [5.74, 6) is 1.27. The molecule has 1 aliphatic heterocycles. The van der Waals surface area contributed by atoms with Crippen LogP contribution in [0.5, 0.6) is 11.5 Å². The number of hydrogen-bond donors (Lipinski definition) is 1. The highest BCUT2D eigenvalue weighted by Gasteiger charge is 2.34. The Kier molecular flexibility index (Phi) is 5.15. The van der Waals surface area contributed by atoms with Crippen molar-refractivity contribution >= 4 is 5.97 Å². The molecular formula is C25H28O5. The van der Waals surface area contributed by atoms with Crippen LogP contribution in [0.3, 0.4) is 0 Å². The minimum Gasteiger partial charge on any atom is -0.492 e.